The fourth-order valence-corrected chi connectivity index (χ4v) is 13.7. The maximum atomic E-state index is 14.2. The van der Waals surface area contributed by atoms with Crippen LogP contribution in [0.15, 0.2) is 149 Å². The molecule has 31 heteroatoms. The molecule has 4 fully saturated rings. The number of hydrogen-bond acceptors (Lipinski definition) is 18. The van der Waals surface area contributed by atoms with E-state index in [0.717, 1.165) is 44.1 Å². The number of β-amino-alcohol motifs (C(OH)–C–C–N with tert-alkyl or cyclic N) is 1. The molecule has 0 amide bonds. The Morgan fingerprint density at radius 2 is 1.04 bits per heavy atom. The van der Waals surface area contributed by atoms with Crippen LogP contribution in [0.3, 0.4) is 0 Å². The summed E-state index contributed by atoms with van der Waals surface area (Å²) >= 11 is 12.8. The van der Waals surface area contributed by atoms with Gasteiger partial charge < -0.3 is 24.4 Å². The average molecular weight is 1360 g/mol. The van der Waals surface area contributed by atoms with E-state index in [9.17, 15) is 23.1 Å². The summed E-state index contributed by atoms with van der Waals surface area (Å²) in [6, 6.07) is 27.1. The van der Waals surface area contributed by atoms with E-state index in [1.165, 1.54) is 38.4 Å². The Morgan fingerprint density at radius 3 is 1.51 bits per heavy atom. The first-order valence-electron chi connectivity index (χ1n) is 28.4. The number of fused-ring (bicyclic) bond motifs is 4. The molecule has 0 aliphatic carbocycles. The van der Waals surface area contributed by atoms with Crippen LogP contribution in [0.1, 0.15) is 93.1 Å². The monoisotopic (exact) mass is 1350 g/mol. The van der Waals surface area contributed by atoms with Gasteiger partial charge in [0.2, 0.25) is 0 Å². The summed E-state index contributed by atoms with van der Waals surface area (Å²) < 4.78 is 54.8. The van der Waals surface area contributed by atoms with E-state index < -0.39 is 34.4 Å². The Kier molecular flexibility index (Phi) is 20.1. The van der Waals surface area contributed by atoms with Crippen molar-refractivity contribution in [2.45, 2.75) is 99.9 Å². The highest BCUT2D eigenvalue weighted by molar-refractivity contribution is 7.86. The Hall–Kier alpha value is -7.03. The van der Waals surface area contributed by atoms with E-state index in [0.29, 0.717) is 93.7 Å². The molecule has 4 aliphatic heterocycles. The number of para-hydroxylation sites is 2. The van der Waals surface area contributed by atoms with Crippen molar-refractivity contribution in [2.75, 3.05) is 36.1 Å². The molecule has 0 saturated carbocycles. The number of aromatic nitrogens is 14. The van der Waals surface area contributed by atoms with Gasteiger partial charge in [-0.3, -0.25) is 32.0 Å². The summed E-state index contributed by atoms with van der Waals surface area (Å²) in [7, 11) is -4.13. The highest BCUT2D eigenvalue weighted by Gasteiger charge is 2.43. The first-order valence-corrected chi connectivity index (χ1v) is 30.5. The molecule has 0 radical (unpaired) electrons. The molecular weight excluding hydrogens is 1290 g/mol. The lowest BCUT2D eigenvalue weighted by molar-refractivity contribution is -0.0299. The maximum absolute atomic E-state index is 14.2. The predicted molar refractivity (Wildman–Crippen MR) is 360 cm³/mol. The van der Waals surface area contributed by atoms with E-state index >= 15 is 0 Å². The zero-order chi connectivity index (χ0) is 58.8. The molecule has 472 valence electrons. The fourth-order valence-electron chi connectivity index (χ4n) is 12.2. The third kappa shape index (κ3) is 12.2. The molecule has 8 aromatic heterocycles. The van der Waals surface area contributed by atoms with Crippen molar-refractivity contribution in [1.29, 1.82) is 0 Å². The van der Waals surface area contributed by atoms with Crippen LogP contribution >= 0.6 is 77.2 Å². The van der Waals surface area contributed by atoms with Gasteiger partial charge in [-0.2, -0.15) is 72.6 Å². The minimum absolute atomic E-state index is 0. The second-order valence-electron chi connectivity index (χ2n) is 21.7. The van der Waals surface area contributed by atoms with Crippen LogP contribution in [0.25, 0.3) is 44.7 Å². The van der Waals surface area contributed by atoms with Gasteiger partial charge in [-0.1, -0.05) is 77.3 Å². The number of aryl methyl sites for hydroxylation is 1. The Labute approximate surface area is 553 Å². The smallest absolute Gasteiger partial charge is 0.297 e. The highest BCUT2D eigenvalue weighted by atomic mass is 35.5. The van der Waals surface area contributed by atoms with E-state index in [4.69, 9.17) is 52.0 Å². The van der Waals surface area contributed by atoms with Crippen LogP contribution in [-0.2, 0) is 23.8 Å². The van der Waals surface area contributed by atoms with E-state index in [1.807, 2.05) is 86.5 Å². The van der Waals surface area contributed by atoms with Crippen molar-refractivity contribution in [3.8, 4) is 11.4 Å². The van der Waals surface area contributed by atoms with Gasteiger partial charge in [0.1, 0.15) is 36.1 Å². The molecule has 1 N–H and O–H groups in total. The van der Waals surface area contributed by atoms with Gasteiger partial charge >= 0.3 is 0 Å². The second kappa shape index (κ2) is 27.4. The van der Waals surface area contributed by atoms with Gasteiger partial charge in [-0.15, -0.1) is 0 Å². The van der Waals surface area contributed by atoms with Crippen molar-refractivity contribution < 1.29 is 27.2 Å². The molecule has 4 aliphatic rings. The normalized spacial score (nSPS) is 20.1. The third-order valence-corrected chi connectivity index (χ3v) is 18.2. The molecule has 3 aromatic carbocycles. The highest BCUT2D eigenvalue weighted by Crippen LogP contribution is 2.42. The van der Waals surface area contributed by atoms with Crippen LogP contribution in [0.2, 0.25) is 10.0 Å². The predicted octanol–water partition coefficient (Wildman–Crippen LogP) is 8.75. The Morgan fingerprint density at radius 1 is 0.578 bits per heavy atom. The lowest BCUT2D eigenvalue weighted by Gasteiger charge is -2.27. The van der Waals surface area contributed by atoms with Crippen LogP contribution in [0, 0.1) is 6.92 Å². The molecule has 0 spiro atoms. The number of aliphatic hydroxyl groups is 1. The third-order valence-electron chi connectivity index (χ3n) is 16.2. The topological polar surface area (TPSA) is 254 Å². The molecular formula is C59H64Cl2N16O8S5. The van der Waals surface area contributed by atoms with E-state index in [-0.39, 0.29) is 106 Å². The van der Waals surface area contributed by atoms with Gasteiger partial charge in [-0.05, 0) is 94.0 Å². The van der Waals surface area contributed by atoms with Crippen molar-refractivity contribution in [2.24, 2.45) is 0 Å². The zero-order valence-corrected chi connectivity index (χ0v) is 54.6. The summed E-state index contributed by atoms with van der Waals surface area (Å²) in [5.74, 6) is 1.86. The Bertz CT molecular complexity index is 4580. The SMILES string of the molecule is Cc1ccc(S(=O)(=O)O[C@H]2C[C@@H](c3nn4ccc(Cl)c4c(=O)n3-c3ccccc3)N(c3ncnc4c3ncn4C3CCCCO3)C2)cc1.O=c1c2c(Cl)ccn2nc([C@@H]2C[C@H](O)CN2c2ncnc3c2ncn3C2CCCCO2)n1-c1ccccc1.S.S.S.S. The molecule has 24 nitrogen and oxygen atoms in total. The summed E-state index contributed by atoms with van der Waals surface area (Å²) in [4.78, 5) is 59.6. The lowest BCUT2D eigenvalue weighted by atomic mass is 10.1. The number of anilines is 2. The summed E-state index contributed by atoms with van der Waals surface area (Å²) in [6.45, 7) is 3.66. The number of aliphatic hydroxyl groups excluding tert-OH is 1. The number of ether oxygens (including phenoxy) is 2. The summed E-state index contributed by atoms with van der Waals surface area (Å²) in [5, 5.41) is 21.2. The van der Waals surface area contributed by atoms with Crippen LogP contribution in [0.4, 0.5) is 11.6 Å². The maximum Gasteiger partial charge on any atom is 0.297 e. The molecule has 90 heavy (non-hydrogen) atoms. The van der Waals surface area contributed by atoms with Crippen LogP contribution in [0.5, 0.6) is 0 Å². The van der Waals surface area contributed by atoms with E-state index in [1.54, 1.807) is 53.9 Å². The lowest BCUT2D eigenvalue weighted by Crippen LogP contribution is -2.33. The van der Waals surface area contributed by atoms with Crippen molar-refractivity contribution in [1.82, 2.24) is 67.4 Å². The summed E-state index contributed by atoms with van der Waals surface area (Å²) in [5.41, 5.74) is 4.40. The van der Waals surface area contributed by atoms with Crippen molar-refractivity contribution in [3.05, 3.63) is 183 Å². The molecule has 15 rings (SSSR count). The molecule has 0 bridgehead atoms. The molecule has 4 saturated heterocycles. The first kappa shape index (κ1) is 65.9. The second-order valence-corrected chi connectivity index (χ2v) is 24.1. The molecule has 11 aromatic rings. The quantitative estimate of drug-likeness (QED) is 0.119. The number of nitrogens with zero attached hydrogens (tertiary/aromatic N) is 16. The van der Waals surface area contributed by atoms with Gasteiger partial charge in [-0.25, -0.2) is 38.9 Å². The van der Waals surface area contributed by atoms with Crippen LogP contribution in [-0.4, -0.2) is 119 Å². The summed E-state index contributed by atoms with van der Waals surface area (Å²) in [6.07, 6.45) is 14.3. The van der Waals surface area contributed by atoms with Gasteiger partial charge in [0, 0.05) is 51.5 Å². The van der Waals surface area contributed by atoms with Crippen molar-refractivity contribution >= 4 is 132 Å². The van der Waals surface area contributed by atoms with Crippen LogP contribution < -0.4 is 20.9 Å². The number of hydrogen-bond donors (Lipinski definition) is 1. The molecule has 12 heterocycles. The first-order chi connectivity index (χ1) is 41.9. The van der Waals surface area contributed by atoms with Crippen molar-refractivity contribution in [3.63, 3.8) is 0 Å². The van der Waals surface area contributed by atoms with Gasteiger partial charge in [0.05, 0.1) is 63.3 Å². The minimum Gasteiger partial charge on any atom is -0.391 e. The number of halogens is 2. The number of imidazole rings is 2. The molecule has 6 atom stereocenters. The largest absolute Gasteiger partial charge is 0.391 e. The van der Waals surface area contributed by atoms with Gasteiger partial charge in [0.25, 0.3) is 21.2 Å². The minimum atomic E-state index is -4.13. The number of rotatable bonds is 11. The average Bonchev–Trinajstić information content (AvgIpc) is 1.78. The standard InChI is InChI=1S/C33H31ClN8O5S.C26H25ClN8O3.4H2S/c1-21-10-12-24(13-11-21)48(44,45)47-23-17-26(30-38-41-15-14-25(34)29(41)33(43)42(30)22-7-3-2-4-8-22)39(18-23)31-28-32(36-19-35-31)40(20-37-28)27-9-5-6-16-46-27;27-18-9-10-34-22(18)26(37)35(16-6-2-1-3-7-16)23(31-34)19-12-17(36)13-32(19)24-21-25(29-14-28-24)33(15-30-21)20-8-4-5-11-38-20;;;;/h2-4,7-8,10-15,19-20,23,26-27H,5-6,9,16-18H2,1H3;1-3,6-7,9-10,14-15,17,19-20,36H,4-5,8,11-13H2;4*1H2/t23-,26-,27?;17-,19-,20?;;;;/m00..../s1. The van der Waals surface area contributed by atoms with E-state index in [2.05, 4.69) is 24.9 Å². The molecule has 2 unspecified atom stereocenters. The Balaban J connectivity index is 0.000000194. The zero-order valence-electron chi connectivity index (χ0n) is 48.3. The van der Waals surface area contributed by atoms with Gasteiger partial charge in [0.15, 0.2) is 45.6 Å². The fraction of sp³-hybridized carbons (Fsp3) is 0.322. The number of benzene rings is 3.